The van der Waals surface area contributed by atoms with Gasteiger partial charge in [0.25, 0.3) is 0 Å². The molecule has 1 aromatic carbocycles. The van der Waals surface area contributed by atoms with E-state index in [-0.39, 0.29) is 12.1 Å². The third-order valence-electron chi connectivity index (χ3n) is 6.01. The molecule has 1 unspecified atom stereocenters. The second-order valence-electron chi connectivity index (χ2n) is 8.22. The molecule has 4 nitrogen and oxygen atoms in total. The van der Waals surface area contributed by atoms with Gasteiger partial charge in [-0.3, -0.25) is 0 Å². The Balaban J connectivity index is 1.96. The van der Waals surface area contributed by atoms with Crippen molar-refractivity contribution in [3.05, 3.63) is 34.4 Å². The van der Waals surface area contributed by atoms with Crippen molar-refractivity contribution in [1.29, 1.82) is 0 Å². The smallest absolute Gasteiger partial charge is 0.356 e. The predicted octanol–water partition coefficient (Wildman–Crippen LogP) is 5.12. The molecule has 1 atom stereocenters. The standard InChI is InChI=1S/C22H31NO3/c1-14(2)25-21(24)20-13-22(26-23-20,18-9-7-6-8-10-18)19-11-15(3)17(5)16(4)12-19/h11-12,14,18H,6-10,13H2,1-5H3. The number of ether oxygens (including phenoxy) is 1. The van der Waals surface area contributed by atoms with Crippen molar-refractivity contribution in [3.8, 4) is 0 Å². The summed E-state index contributed by atoms with van der Waals surface area (Å²) in [5.41, 5.74) is 4.87. The Kier molecular flexibility index (Phi) is 5.40. The molecular formula is C22H31NO3. The Morgan fingerprint density at radius 2 is 1.77 bits per heavy atom. The van der Waals surface area contributed by atoms with Crippen LogP contribution in [-0.2, 0) is 20.0 Å². The molecule has 0 N–H and O–H groups in total. The summed E-state index contributed by atoms with van der Waals surface area (Å²) in [6, 6.07) is 4.45. The molecule has 26 heavy (non-hydrogen) atoms. The summed E-state index contributed by atoms with van der Waals surface area (Å²) in [6.07, 6.45) is 6.30. The van der Waals surface area contributed by atoms with Gasteiger partial charge in [0.05, 0.1) is 6.10 Å². The molecule has 0 radical (unpaired) electrons. The van der Waals surface area contributed by atoms with Crippen LogP contribution in [0.25, 0.3) is 0 Å². The normalized spacial score (nSPS) is 23.7. The lowest BCUT2D eigenvalue weighted by Gasteiger charge is -2.38. The van der Waals surface area contributed by atoms with Crippen molar-refractivity contribution in [2.24, 2.45) is 11.1 Å². The minimum atomic E-state index is -0.533. The first-order chi connectivity index (χ1) is 12.3. The molecule has 0 spiro atoms. The van der Waals surface area contributed by atoms with Crippen molar-refractivity contribution in [2.45, 2.75) is 84.8 Å². The van der Waals surface area contributed by atoms with Crippen LogP contribution in [0.2, 0.25) is 0 Å². The highest BCUT2D eigenvalue weighted by Gasteiger charge is 2.49. The number of carbonyl (C=O) groups is 1. The minimum Gasteiger partial charge on any atom is -0.458 e. The third-order valence-corrected chi connectivity index (χ3v) is 6.01. The highest BCUT2D eigenvalue weighted by atomic mass is 16.7. The Morgan fingerprint density at radius 1 is 1.15 bits per heavy atom. The van der Waals surface area contributed by atoms with Crippen LogP contribution in [0.4, 0.5) is 0 Å². The number of carbonyl (C=O) groups excluding carboxylic acids is 1. The second-order valence-corrected chi connectivity index (χ2v) is 8.22. The first kappa shape index (κ1) is 18.9. The monoisotopic (exact) mass is 357 g/mol. The Bertz CT molecular complexity index is 693. The zero-order chi connectivity index (χ0) is 18.9. The molecule has 1 aliphatic heterocycles. The molecule has 0 amide bonds. The van der Waals surface area contributed by atoms with Gasteiger partial charge in [-0.05, 0) is 69.7 Å². The number of esters is 1. The molecular weight excluding hydrogens is 326 g/mol. The summed E-state index contributed by atoms with van der Waals surface area (Å²) < 4.78 is 5.37. The minimum absolute atomic E-state index is 0.154. The first-order valence-corrected chi connectivity index (χ1v) is 9.88. The summed E-state index contributed by atoms with van der Waals surface area (Å²) in [7, 11) is 0. The van der Waals surface area contributed by atoms with E-state index in [1.54, 1.807) is 0 Å². The molecule has 0 aromatic heterocycles. The van der Waals surface area contributed by atoms with E-state index in [1.807, 2.05) is 13.8 Å². The summed E-state index contributed by atoms with van der Waals surface area (Å²) in [4.78, 5) is 18.5. The number of hydrogen-bond donors (Lipinski definition) is 0. The summed E-state index contributed by atoms with van der Waals surface area (Å²) >= 11 is 0. The van der Waals surface area contributed by atoms with Crippen LogP contribution in [0.3, 0.4) is 0 Å². The predicted molar refractivity (Wildman–Crippen MR) is 103 cm³/mol. The lowest BCUT2D eigenvalue weighted by molar-refractivity contribution is -0.139. The number of aryl methyl sites for hydroxylation is 2. The molecule has 1 aromatic rings. The van der Waals surface area contributed by atoms with Crippen molar-refractivity contribution >= 4 is 11.7 Å². The molecule has 4 heteroatoms. The average molecular weight is 357 g/mol. The maximum Gasteiger partial charge on any atom is 0.356 e. The molecule has 3 rings (SSSR count). The van der Waals surface area contributed by atoms with Crippen LogP contribution >= 0.6 is 0 Å². The highest BCUT2D eigenvalue weighted by molar-refractivity contribution is 6.36. The second kappa shape index (κ2) is 7.42. The molecule has 0 saturated heterocycles. The van der Waals surface area contributed by atoms with Gasteiger partial charge in [0.1, 0.15) is 0 Å². The van der Waals surface area contributed by atoms with Gasteiger partial charge in [0.15, 0.2) is 11.3 Å². The SMILES string of the molecule is Cc1cc(C2(C3CCCCC3)CC(C(=O)OC(C)C)=NO2)cc(C)c1C. The van der Waals surface area contributed by atoms with Crippen molar-refractivity contribution in [1.82, 2.24) is 0 Å². The summed E-state index contributed by atoms with van der Waals surface area (Å²) in [5.74, 6) is 0.0316. The summed E-state index contributed by atoms with van der Waals surface area (Å²) in [6.45, 7) is 10.2. The van der Waals surface area contributed by atoms with Gasteiger partial charge in [0, 0.05) is 12.3 Å². The van der Waals surface area contributed by atoms with E-state index >= 15 is 0 Å². The number of hydrogen-bond acceptors (Lipinski definition) is 4. The van der Waals surface area contributed by atoms with Gasteiger partial charge >= 0.3 is 5.97 Å². The largest absolute Gasteiger partial charge is 0.458 e. The van der Waals surface area contributed by atoms with Gasteiger partial charge in [-0.15, -0.1) is 0 Å². The van der Waals surface area contributed by atoms with Gasteiger partial charge in [-0.25, -0.2) is 4.79 Å². The van der Waals surface area contributed by atoms with E-state index in [2.05, 4.69) is 38.1 Å². The van der Waals surface area contributed by atoms with E-state index in [0.29, 0.717) is 18.1 Å². The van der Waals surface area contributed by atoms with Crippen molar-refractivity contribution in [2.75, 3.05) is 0 Å². The van der Waals surface area contributed by atoms with Gasteiger partial charge in [-0.2, -0.15) is 0 Å². The summed E-state index contributed by atoms with van der Waals surface area (Å²) in [5, 5.41) is 4.22. The molecule has 1 saturated carbocycles. The van der Waals surface area contributed by atoms with Crippen LogP contribution in [0.1, 0.15) is 74.6 Å². The van der Waals surface area contributed by atoms with Crippen LogP contribution in [0.5, 0.6) is 0 Å². The number of rotatable bonds is 4. The average Bonchev–Trinajstić information content (AvgIpc) is 3.06. The lowest BCUT2D eigenvalue weighted by atomic mass is 9.70. The van der Waals surface area contributed by atoms with Crippen LogP contribution in [0.15, 0.2) is 17.3 Å². The Labute approximate surface area is 156 Å². The van der Waals surface area contributed by atoms with E-state index in [0.717, 1.165) is 18.4 Å². The Morgan fingerprint density at radius 3 is 2.35 bits per heavy atom. The molecule has 142 valence electrons. The van der Waals surface area contributed by atoms with E-state index in [4.69, 9.17) is 9.57 Å². The molecule has 1 fully saturated rings. The van der Waals surface area contributed by atoms with E-state index in [1.165, 1.54) is 36.0 Å². The zero-order valence-electron chi connectivity index (χ0n) is 16.7. The Hall–Kier alpha value is -1.84. The highest BCUT2D eigenvalue weighted by Crippen LogP contribution is 2.48. The van der Waals surface area contributed by atoms with Crippen LogP contribution < -0.4 is 0 Å². The van der Waals surface area contributed by atoms with Gasteiger partial charge in [-0.1, -0.05) is 36.6 Å². The fourth-order valence-corrected chi connectivity index (χ4v) is 4.30. The van der Waals surface area contributed by atoms with Crippen LogP contribution in [-0.4, -0.2) is 17.8 Å². The fraction of sp³-hybridized carbons (Fsp3) is 0.636. The molecule has 0 bridgehead atoms. The zero-order valence-corrected chi connectivity index (χ0v) is 16.7. The maximum absolute atomic E-state index is 12.4. The van der Waals surface area contributed by atoms with Crippen molar-refractivity contribution < 1.29 is 14.4 Å². The molecule has 1 aliphatic carbocycles. The van der Waals surface area contributed by atoms with Crippen molar-refractivity contribution in [3.63, 3.8) is 0 Å². The topological polar surface area (TPSA) is 47.9 Å². The van der Waals surface area contributed by atoms with E-state index < -0.39 is 5.60 Å². The quantitative estimate of drug-likeness (QED) is 0.703. The lowest BCUT2D eigenvalue weighted by Crippen LogP contribution is -2.38. The van der Waals surface area contributed by atoms with Gasteiger partial charge < -0.3 is 9.57 Å². The fourth-order valence-electron chi connectivity index (χ4n) is 4.30. The third kappa shape index (κ3) is 3.51. The van der Waals surface area contributed by atoms with Gasteiger partial charge in [0.2, 0.25) is 0 Å². The molecule has 2 aliphatic rings. The maximum atomic E-state index is 12.4. The number of nitrogens with zero attached hydrogens (tertiary/aromatic N) is 1. The molecule has 1 heterocycles. The van der Waals surface area contributed by atoms with Crippen LogP contribution in [0, 0.1) is 26.7 Å². The first-order valence-electron chi connectivity index (χ1n) is 9.88. The number of benzene rings is 1. The number of oxime groups is 1. The van der Waals surface area contributed by atoms with E-state index in [9.17, 15) is 4.79 Å².